The average molecular weight is 299 g/mol. The fourth-order valence-electron chi connectivity index (χ4n) is 2.59. The topological polar surface area (TPSA) is 91.0 Å². The van der Waals surface area contributed by atoms with E-state index in [1.165, 1.54) is 12.3 Å². The number of nitrogens with one attached hydrogen (secondary N) is 2. The average Bonchev–Trinajstić information content (AvgIpc) is 2.56. The number of aromatic amines is 1. The maximum Gasteiger partial charge on any atom is 0.260 e. The van der Waals surface area contributed by atoms with E-state index < -0.39 is 0 Å². The van der Waals surface area contributed by atoms with Gasteiger partial charge in [0.15, 0.2) is 0 Å². The maximum atomic E-state index is 12.2. The molecule has 0 radical (unpaired) electrons. The van der Waals surface area contributed by atoms with Crippen LogP contribution in [0.3, 0.4) is 0 Å². The summed E-state index contributed by atoms with van der Waals surface area (Å²) in [7, 11) is 0. The minimum Gasteiger partial charge on any atom is -0.347 e. The van der Waals surface area contributed by atoms with Crippen LogP contribution in [-0.4, -0.2) is 40.0 Å². The molecular formula is C15H17N5O2. The minimum absolute atomic E-state index is 0.0235. The van der Waals surface area contributed by atoms with Gasteiger partial charge in [-0.1, -0.05) is 0 Å². The Morgan fingerprint density at radius 2 is 2.14 bits per heavy atom. The Labute approximate surface area is 127 Å². The van der Waals surface area contributed by atoms with Gasteiger partial charge in [0.2, 0.25) is 5.95 Å². The summed E-state index contributed by atoms with van der Waals surface area (Å²) in [5, 5.41) is 2.92. The van der Waals surface area contributed by atoms with Crippen LogP contribution in [0.5, 0.6) is 0 Å². The van der Waals surface area contributed by atoms with E-state index in [2.05, 4.69) is 20.3 Å². The number of piperidine rings is 1. The Balaban J connectivity index is 1.67. The Kier molecular flexibility index (Phi) is 4.13. The fraction of sp³-hybridized carbons (Fsp3) is 0.333. The van der Waals surface area contributed by atoms with Crippen LogP contribution in [-0.2, 0) is 0 Å². The third-order valence-electron chi connectivity index (χ3n) is 3.65. The van der Waals surface area contributed by atoms with Crippen molar-refractivity contribution >= 4 is 11.9 Å². The second kappa shape index (κ2) is 6.38. The molecule has 0 bridgehead atoms. The molecule has 0 aromatic carbocycles. The summed E-state index contributed by atoms with van der Waals surface area (Å²) < 4.78 is 0. The van der Waals surface area contributed by atoms with E-state index in [9.17, 15) is 9.59 Å². The molecule has 0 spiro atoms. The predicted octanol–water partition coefficient (Wildman–Crippen LogP) is 0.564. The summed E-state index contributed by atoms with van der Waals surface area (Å²) in [6.07, 6.45) is 6.73. The zero-order chi connectivity index (χ0) is 15.4. The van der Waals surface area contributed by atoms with Gasteiger partial charge in [-0.3, -0.25) is 9.59 Å². The molecule has 114 valence electrons. The molecule has 0 unspecified atom stereocenters. The van der Waals surface area contributed by atoms with Crippen LogP contribution in [0.2, 0.25) is 0 Å². The zero-order valence-corrected chi connectivity index (χ0v) is 12.0. The summed E-state index contributed by atoms with van der Waals surface area (Å²) in [6.45, 7) is 1.50. The first-order valence-electron chi connectivity index (χ1n) is 7.24. The largest absolute Gasteiger partial charge is 0.347 e. The third kappa shape index (κ3) is 3.13. The Bertz CT molecular complexity index is 700. The molecular weight excluding hydrogens is 282 g/mol. The van der Waals surface area contributed by atoms with Crippen LogP contribution in [0, 0.1) is 0 Å². The van der Waals surface area contributed by atoms with Crippen LogP contribution in [0.4, 0.5) is 5.95 Å². The molecule has 1 fully saturated rings. The van der Waals surface area contributed by atoms with E-state index in [0.717, 1.165) is 19.4 Å². The van der Waals surface area contributed by atoms with E-state index in [0.29, 0.717) is 12.5 Å². The van der Waals surface area contributed by atoms with Crippen molar-refractivity contribution in [1.82, 2.24) is 20.3 Å². The van der Waals surface area contributed by atoms with Crippen LogP contribution in [0.15, 0.2) is 41.6 Å². The van der Waals surface area contributed by atoms with Gasteiger partial charge in [0.25, 0.3) is 11.5 Å². The first-order chi connectivity index (χ1) is 10.7. The molecule has 0 aliphatic carbocycles. The number of amides is 1. The SMILES string of the molecule is O=C(N[C@@H]1CCCN(c2ncccn2)C1)c1ccc[nH]c1=O. The number of rotatable bonds is 3. The molecule has 3 rings (SSSR count). The second-order valence-corrected chi connectivity index (χ2v) is 5.22. The van der Waals surface area contributed by atoms with Crippen molar-refractivity contribution in [1.29, 1.82) is 0 Å². The lowest BCUT2D eigenvalue weighted by molar-refractivity contribution is 0.0931. The smallest absolute Gasteiger partial charge is 0.260 e. The number of pyridine rings is 1. The van der Waals surface area contributed by atoms with Crippen molar-refractivity contribution in [2.24, 2.45) is 0 Å². The van der Waals surface area contributed by atoms with Gasteiger partial charge in [-0.05, 0) is 31.0 Å². The molecule has 22 heavy (non-hydrogen) atoms. The van der Waals surface area contributed by atoms with Crippen LogP contribution < -0.4 is 15.8 Å². The van der Waals surface area contributed by atoms with Gasteiger partial charge in [0.1, 0.15) is 5.56 Å². The number of aromatic nitrogens is 3. The summed E-state index contributed by atoms with van der Waals surface area (Å²) in [5.74, 6) is 0.321. The van der Waals surface area contributed by atoms with Crippen LogP contribution in [0.25, 0.3) is 0 Å². The Hall–Kier alpha value is -2.70. The highest BCUT2D eigenvalue weighted by atomic mass is 16.2. The highest BCUT2D eigenvalue weighted by Gasteiger charge is 2.23. The highest BCUT2D eigenvalue weighted by Crippen LogP contribution is 2.15. The number of carbonyl (C=O) groups is 1. The van der Waals surface area contributed by atoms with Crippen molar-refractivity contribution in [3.05, 3.63) is 52.7 Å². The lowest BCUT2D eigenvalue weighted by atomic mass is 10.1. The molecule has 1 aliphatic heterocycles. The number of carbonyl (C=O) groups excluding carboxylic acids is 1. The molecule has 2 aromatic heterocycles. The Morgan fingerprint density at radius 3 is 2.91 bits per heavy atom. The lowest BCUT2D eigenvalue weighted by Crippen LogP contribution is -2.49. The van der Waals surface area contributed by atoms with Crippen molar-refractivity contribution in [3.8, 4) is 0 Å². The molecule has 1 atom stereocenters. The quantitative estimate of drug-likeness (QED) is 0.864. The molecule has 2 aromatic rings. The maximum absolute atomic E-state index is 12.2. The van der Waals surface area contributed by atoms with E-state index in [1.54, 1.807) is 24.5 Å². The zero-order valence-electron chi connectivity index (χ0n) is 12.0. The number of nitrogens with zero attached hydrogens (tertiary/aromatic N) is 3. The van der Waals surface area contributed by atoms with Gasteiger partial charge < -0.3 is 15.2 Å². The highest BCUT2D eigenvalue weighted by molar-refractivity contribution is 5.93. The minimum atomic E-state index is -0.376. The summed E-state index contributed by atoms with van der Waals surface area (Å²) >= 11 is 0. The van der Waals surface area contributed by atoms with Gasteiger partial charge in [0.05, 0.1) is 0 Å². The number of anilines is 1. The molecule has 2 N–H and O–H groups in total. The van der Waals surface area contributed by atoms with Gasteiger partial charge in [-0.15, -0.1) is 0 Å². The third-order valence-corrected chi connectivity index (χ3v) is 3.65. The van der Waals surface area contributed by atoms with Crippen molar-refractivity contribution in [3.63, 3.8) is 0 Å². The monoisotopic (exact) mass is 299 g/mol. The van der Waals surface area contributed by atoms with Gasteiger partial charge in [-0.2, -0.15) is 0 Å². The second-order valence-electron chi connectivity index (χ2n) is 5.22. The molecule has 1 saturated heterocycles. The molecule has 7 heteroatoms. The van der Waals surface area contributed by atoms with E-state index in [-0.39, 0.29) is 23.1 Å². The number of H-pyrrole nitrogens is 1. The molecule has 1 aliphatic rings. The van der Waals surface area contributed by atoms with Crippen molar-refractivity contribution in [2.45, 2.75) is 18.9 Å². The first-order valence-corrected chi connectivity index (χ1v) is 7.24. The van der Waals surface area contributed by atoms with Crippen molar-refractivity contribution in [2.75, 3.05) is 18.0 Å². The van der Waals surface area contributed by atoms with Crippen LogP contribution in [0.1, 0.15) is 23.2 Å². The fourth-order valence-corrected chi connectivity index (χ4v) is 2.59. The summed E-state index contributed by atoms with van der Waals surface area (Å²) in [6, 6.07) is 4.91. The van der Waals surface area contributed by atoms with Gasteiger partial charge in [0, 0.05) is 37.7 Å². The molecule has 3 heterocycles. The molecule has 7 nitrogen and oxygen atoms in total. The van der Waals surface area contributed by atoms with E-state index in [4.69, 9.17) is 0 Å². The van der Waals surface area contributed by atoms with Crippen molar-refractivity contribution < 1.29 is 4.79 Å². The number of hydrogen-bond acceptors (Lipinski definition) is 5. The first kappa shape index (κ1) is 14.2. The molecule has 0 saturated carbocycles. The lowest BCUT2D eigenvalue weighted by Gasteiger charge is -2.33. The molecule has 1 amide bonds. The Morgan fingerprint density at radius 1 is 1.32 bits per heavy atom. The van der Waals surface area contributed by atoms with Crippen LogP contribution >= 0.6 is 0 Å². The normalized spacial score (nSPS) is 18.0. The summed E-state index contributed by atoms with van der Waals surface area (Å²) in [4.78, 5) is 36.9. The van der Waals surface area contributed by atoms with Gasteiger partial charge >= 0.3 is 0 Å². The summed E-state index contributed by atoms with van der Waals surface area (Å²) in [5.41, 5.74) is -0.241. The number of hydrogen-bond donors (Lipinski definition) is 2. The standard InChI is InChI=1S/C15H17N5O2/c21-13-12(5-1-6-16-13)14(22)19-11-4-2-9-20(10-11)15-17-7-3-8-18-15/h1,3,5-8,11H,2,4,9-10H2,(H,16,21)(H,19,22)/t11-/m1/s1. The van der Waals surface area contributed by atoms with Gasteiger partial charge in [-0.25, -0.2) is 9.97 Å². The predicted molar refractivity (Wildman–Crippen MR) is 81.8 cm³/mol. The van der Waals surface area contributed by atoms with E-state index >= 15 is 0 Å². The van der Waals surface area contributed by atoms with E-state index in [1.807, 2.05) is 4.90 Å².